The number of hydrogen-bond acceptors (Lipinski definition) is 4. The van der Waals surface area contributed by atoms with Gasteiger partial charge < -0.3 is 10.1 Å². The van der Waals surface area contributed by atoms with E-state index in [4.69, 9.17) is 10.4 Å². The quantitative estimate of drug-likeness (QED) is 0.728. The van der Waals surface area contributed by atoms with Crippen LogP contribution in [-0.4, -0.2) is 15.1 Å². The van der Waals surface area contributed by atoms with Gasteiger partial charge in [0.25, 0.3) is 5.56 Å². The minimum atomic E-state index is -0.426. The first-order chi connectivity index (χ1) is 7.67. The Morgan fingerprint density at radius 1 is 1.62 bits per heavy atom. The molecular weight excluding hydrogens is 206 g/mol. The van der Waals surface area contributed by atoms with Crippen molar-refractivity contribution < 1.29 is 5.11 Å². The smallest absolute Gasteiger partial charge is 0.266 e. The Balaban J connectivity index is 2.88. The number of aromatic nitrogens is 2. The number of aliphatic hydroxyl groups is 1. The number of pyridine rings is 2. The van der Waals surface area contributed by atoms with Gasteiger partial charge in [-0.1, -0.05) is 0 Å². The lowest BCUT2D eigenvalue weighted by molar-refractivity contribution is 0.281. The first-order valence-corrected chi connectivity index (χ1v) is 4.70. The summed E-state index contributed by atoms with van der Waals surface area (Å²) in [5.41, 5.74) is 1.94. The van der Waals surface area contributed by atoms with Gasteiger partial charge in [-0.2, -0.15) is 5.26 Å². The van der Waals surface area contributed by atoms with E-state index in [1.165, 1.54) is 6.20 Å². The Morgan fingerprint density at radius 3 is 3.00 bits per heavy atom. The van der Waals surface area contributed by atoms with Crippen LogP contribution in [0.1, 0.15) is 16.7 Å². The van der Waals surface area contributed by atoms with Gasteiger partial charge in [-0.3, -0.25) is 9.78 Å². The van der Waals surface area contributed by atoms with E-state index in [1.807, 2.05) is 6.07 Å². The maximum absolute atomic E-state index is 11.5. The molecule has 2 rings (SSSR count). The molecule has 0 bridgehead atoms. The molecule has 0 amide bonds. The molecular formula is C11H9N3O2. The van der Waals surface area contributed by atoms with Gasteiger partial charge in [0.1, 0.15) is 11.6 Å². The third-order valence-corrected chi connectivity index (χ3v) is 2.44. The molecule has 0 saturated carbocycles. The monoisotopic (exact) mass is 215 g/mol. The summed E-state index contributed by atoms with van der Waals surface area (Å²) in [5.74, 6) is 0. The second-order valence-corrected chi connectivity index (χ2v) is 3.46. The highest BCUT2D eigenvalue weighted by molar-refractivity contribution is 5.79. The maximum Gasteiger partial charge on any atom is 0.266 e. The Bertz CT molecular complexity index is 653. The number of aliphatic hydroxyl groups excluding tert-OH is 1. The van der Waals surface area contributed by atoms with Gasteiger partial charge in [-0.15, -0.1) is 0 Å². The summed E-state index contributed by atoms with van der Waals surface area (Å²) < 4.78 is 0. The molecule has 0 radical (unpaired) electrons. The van der Waals surface area contributed by atoms with Gasteiger partial charge in [0.2, 0.25) is 0 Å². The lowest BCUT2D eigenvalue weighted by atomic mass is 10.1. The zero-order valence-electron chi connectivity index (χ0n) is 8.61. The van der Waals surface area contributed by atoms with Crippen molar-refractivity contribution in [2.45, 2.75) is 13.5 Å². The molecule has 80 valence electrons. The van der Waals surface area contributed by atoms with Gasteiger partial charge in [-0.25, -0.2) is 0 Å². The highest BCUT2D eigenvalue weighted by atomic mass is 16.3. The Kier molecular flexibility index (Phi) is 2.43. The molecule has 5 nitrogen and oxygen atoms in total. The Labute approximate surface area is 91.0 Å². The summed E-state index contributed by atoms with van der Waals surface area (Å²) in [6, 6.07) is 3.50. The van der Waals surface area contributed by atoms with Crippen LogP contribution < -0.4 is 5.56 Å². The van der Waals surface area contributed by atoms with Crippen LogP contribution in [0.4, 0.5) is 0 Å². The Morgan fingerprint density at radius 2 is 2.38 bits per heavy atom. The largest absolute Gasteiger partial charge is 0.392 e. The topological polar surface area (TPSA) is 89.8 Å². The van der Waals surface area contributed by atoms with Gasteiger partial charge in [0, 0.05) is 11.8 Å². The molecule has 0 aromatic carbocycles. The number of rotatable bonds is 1. The predicted molar refractivity (Wildman–Crippen MR) is 57.7 cm³/mol. The summed E-state index contributed by atoms with van der Waals surface area (Å²) in [5, 5.41) is 17.8. The van der Waals surface area contributed by atoms with Crippen LogP contribution >= 0.6 is 0 Å². The van der Waals surface area contributed by atoms with Gasteiger partial charge in [-0.05, 0) is 18.6 Å². The zero-order valence-corrected chi connectivity index (χ0v) is 8.61. The average molecular weight is 215 g/mol. The van der Waals surface area contributed by atoms with Crippen LogP contribution in [-0.2, 0) is 6.61 Å². The summed E-state index contributed by atoms with van der Waals surface area (Å²) >= 11 is 0. The molecule has 2 N–H and O–H groups in total. The van der Waals surface area contributed by atoms with E-state index in [1.54, 1.807) is 13.0 Å². The van der Waals surface area contributed by atoms with Crippen molar-refractivity contribution in [3.63, 3.8) is 0 Å². The first kappa shape index (κ1) is 10.3. The van der Waals surface area contributed by atoms with Gasteiger partial charge in [0.05, 0.1) is 17.6 Å². The molecule has 0 fully saturated rings. The fourth-order valence-corrected chi connectivity index (χ4v) is 1.60. The van der Waals surface area contributed by atoms with E-state index in [9.17, 15) is 4.79 Å². The van der Waals surface area contributed by atoms with Crippen LogP contribution in [0.3, 0.4) is 0 Å². The lowest BCUT2D eigenvalue weighted by Crippen LogP contribution is -2.13. The number of nitriles is 1. The number of nitrogens with one attached hydrogen (secondary N) is 1. The molecule has 2 aromatic heterocycles. The Hall–Kier alpha value is -2.19. The highest BCUT2D eigenvalue weighted by Crippen LogP contribution is 2.15. The maximum atomic E-state index is 11.5. The minimum Gasteiger partial charge on any atom is -0.392 e. The standard InChI is InChI=1S/C11H9N3O2/c1-6-8(3-12)11(16)14-9-2-7(5-15)4-13-10(6)9/h2,4,15H,5H2,1H3,(H,14,16). The molecule has 2 aromatic rings. The molecule has 0 aliphatic rings. The number of nitrogens with zero attached hydrogens (tertiary/aromatic N) is 2. The second kappa shape index (κ2) is 3.76. The van der Waals surface area contributed by atoms with E-state index in [2.05, 4.69) is 9.97 Å². The van der Waals surface area contributed by atoms with Crippen molar-refractivity contribution in [2.24, 2.45) is 0 Å². The van der Waals surface area contributed by atoms with Crippen LogP contribution in [0.25, 0.3) is 11.0 Å². The van der Waals surface area contributed by atoms with Crippen molar-refractivity contribution in [3.05, 3.63) is 39.3 Å². The second-order valence-electron chi connectivity index (χ2n) is 3.46. The third-order valence-electron chi connectivity index (χ3n) is 2.44. The fourth-order valence-electron chi connectivity index (χ4n) is 1.60. The summed E-state index contributed by atoms with van der Waals surface area (Å²) in [6.45, 7) is 1.55. The fraction of sp³-hybridized carbons (Fsp3) is 0.182. The van der Waals surface area contributed by atoms with Gasteiger partial charge >= 0.3 is 0 Å². The summed E-state index contributed by atoms with van der Waals surface area (Å²) in [6.07, 6.45) is 1.52. The number of H-pyrrole nitrogens is 1. The number of hydrogen-bond donors (Lipinski definition) is 2. The van der Waals surface area contributed by atoms with Crippen molar-refractivity contribution in [1.82, 2.24) is 9.97 Å². The zero-order chi connectivity index (χ0) is 11.7. The van der Waals surface area contributed by atoms with Crippen molar-refractivity contribution >= 4 is 11.0 Å². The van der Waals surface area contributed by atoms with E-state index in [0.29, 0.717) is 22.2 Å². The average Bonchev–Trinajstić information content (AvgIpc) is 2.28. The van der Waals surface area contributed by atoms with E-state index >= 15 is 0 Å². The lowest BCUT2D eigenvalue weighted by Gasteiger charge is -2.04. The van der Waals surface area contributed by atoms with E-state index in [-0.39, 0.29) is 12.2 Å². The highest BCUT2D eigenvalue weighted by Gasteiger charge is 2.09. The van der Waals surface area contributed by atoms with Crippen LogP contribution in [0.2, 0.25) is 0 Å². The predicted octanol–water partition coefficient (Wildman–Crippen LogP) is 0.595. The summed E-state index contributed by atoms with van der Waals surface area (Å²) in [4.78, 5) is 18.2. The molecule has 0 aliphatic heterocycles. The molecule has 5 heteroatoms. The molecule has 0 unspecified atom stereocenters. The van der Waals surface area contributed by atoms with Crippen molar-refractivity contribution in [3.8, 4) is 6.07 Å². The van der Waals surface area contributed by atoms with Crippen LogP contribution in [0.15, 0.2) is 17.1 Å². The number of fused-ring (bicyclic) bond motifs is 1. The summed E-state index contributed by atoms with van der Waals surface area (Å²) in [7, 11) is 0. The molecule has 16 heavy (non-hydrogen) atoms. The minimum absolute atomic E-state index is 0.0803. The third kappa shape index (κ3) is 1.45. The molecule has 0 saturated heterocycles. The normalized spacial score (nSPS) is 10.3. The van der Waals surface area contributed by atoms with Crippen LogP contribution in [0, 0.1) is 18.3 Å². The molecule has 0 spiro atoms. The van der Waals surface area contributed by atoms with Crippen molar-refractivity contribution in [1.29, 1.82) is 5.26 Å². The van der Waals surface area contributed by atoms with E-state index < -0.39 is 5.56 Å². The van der Waals surface area contributed by atoms with Crippen molar-refractivity contribution in [2.75, 3.05) is 0 Å². The van der Waals surface area contributed by atoms with Crippen LogP contribution in [0.5, 0.6) is 0 Å². The molecule has 0 aliphatic carbocycles. The first-order valence-electron chi connectivity index (χ1n) is 4.70. The number of aromatic amines is 1. The molecule has 2 heterocycles. The molecule has 0 atom stereocenters. The van der Waals surface area contributed by atoms with Gasteiger partial charge in [0.15, 0.2) is 0 Å². The number of aryl methyl sites for hydroxylation is 1. The SMILES string of the molecule is Cc1c(C#N)c(=O)[nH]c2cc(CO)cnc12. The van der Waals surface area contributed by atoms with E-state index in [0.717, 1.165) is 0 Å².